The number of thioether (sulfide) groups is 1. The van der Waals surface area contributed by atoms with Crippen molar-refractivity contribution in [2.75, 3.05) is 11.5 Å². The summed E-state index contributed by atoms with van der Waals surface area (Å²) >= 11 is 2.02. The Balaban J connectivity index is 2.24. The summed E-state index contributed by atoms with van der Waals surface area (Å²) in [5, 5.41) is 0. The van der Waals surface area contributed by atoms with E-state index >= 15 is 0 Å². The molecule has 0 saturated carbocycles. The van der Waals surface area contributed by atoms with Gasteiger partial charge in [0.2, 0.25) is 0 Å². The van der Waals surface area contributed by atoms with Gasteiger partial charge >= 0.3 is 0 Å². The molecule has 0 nitrogen and oxygen atoms in total. The molecule has 1 aliphatic heterocycles. The van der Waals surface area contributed by atoms with Crippen molar-refractivity contribution in [3.8, 4) is 0 Å². The maximum atomic E-state index is 2.36. The highest BCUT2D eigenvalue weighted by molar-refractivity contribution is 7.99. The third kappa shape index (κ3) is 2.16. The van der Waals surface area contributed by atoms with Crippen molar-refractivity contribution in [1.29, 1.82) is 0 Å². The third-order valence-electron chi connectivity index (χ3n) is 2.39. The number of hydrogen-bond acceptors (Lipinski definition) is 1. The molecule has 0 aliphatic carbocycles. The van der Waals surface area contributed by atoms with Gasteiger partial charge in [0.15, 0.2) is 0 Å². The maximum Gasteiger partial charge on any atom is 0.0119 e. The standard InChI is InChI=1S/C12H14S/c1-10-2-4-11(5-3-10)12-6-8-13-9-7-12/h2-6H,7-9H2,1H3. The van der Waals surface area contributed by atoms with Crippen LogP contribution in [0, 0.1) is 6.92 Å². The van der Waals surface area contributed by atoms with E-state index in [0.717, 1.165) is 0 Å². The number of hydrogen-bond donors (Lipinski definition) is 0. The molecular formula is C12H14S. The van der Waals surface area contributed by atoms with Gasteiger partial charge in [-0.05, 0) is 30.2 Å². The Bertz CT molecular complexity index is 308. The van der Waals surface area contributed by atoms with Crippen LogP contribution in [0.2, 0.25) is 0 Å². The fourth-order valence-electron chi connectivity index (χ4n) is 1.56. The number of allylic oxidation sites excluding steroid dienone is 1. The Morgan fingerprint density at radius 2 is 1.92 bits per heavy atom. The summed E-state index contributed by atoms with van der Waals surface area (Å²) in [7, 11) is 0. The molecule has 0 unspecified atom stereocenters. The fraction of sp³-hybridized carbons (Fsp3) is 0.333. The van der Waals surface area contributed by atoms with Crippen molar-refractivity contribution in [2.24, 2.45) is 0 Å². The van der Waals surface area contributed by atoms with Gasteiger partial charge in [0.05, 0.1) is 0 Å². The molecule has 1 aromatic carbocycles. The van der Waals surface area contributed by atoms with Gasteiger partial charge in [0.25, 0.3) is 0 Å². The molecule has 0 atom stereocenters. The summed E-state index contributed by atoms with van der Waals surface area (Å²) in [5.41, 5.74) is 4.28. The lowest BCUT2D eigenvalue weighted by atomic mass is 10.0. The number of benzene rings is 1. The van der Waals surface area contributed by atoms with Gasteiger partial charge < -0.3 is 0 Å². The van der Waals surface area contributed by atoms with Gasteiger partial charge in [-0.2, -0.15) is 11.8 Å². The van der Waals surface area contributed by atoms with Gasteiger partial charge in [-0.15, -0.1) is 0 Å². The topological polar surface area (TPSA) is 0 Å². The lowest BCUT2D eigenvalue weighted by molar-refractivity contribution is 1.23. The Hall–Kier alpha value is -0.690. The molecule has 0 N–H and O–H groups in total. The Morgan fingerprint density at radius 3 is 2.54 bits per heavy atom. The van der Waals surface area contributed by atoms with Gasteiger partial charge in [-0.1, -0.05) is 35.9 Å². The van der Waals surface area contributed by atoms with Crippen molar-refractivity contribution in [1.82, 2.24) is 0 Å². The first-order valence-corrected chi connectivity index (χ1v) is 5.85. The minimum absolute atomic E-state index is 1.18. The Kier molecular flexibility index (Phi) is 2.74. The zero-order valence-electron chi connectivity index (χ0n) is 7.92. The molecule has 0 saturated heterocycles. The fourth-order valence-corrected chi connectivity index (χ4v) is 2.41. The van der Waals surface area contributed by atoms with Crippen molar-refractivity contribution >= 4 is 17.3 Å². The third-order valence-corrected chi connectivity index (χ3v) is 3.28. The van der Waals surface area contributed by atoms with E-state index in [1.165, 1.54) is 34.6 Å². The summed E-state index contributed by atoms with van der Waals surface area (Å²) in [5.74, 6) is 2.46. The highest BCUT2D eigenvalue weighted by Crippen LogP contribution is 2.25. The van der Waals surface area contributed by atoms with Crippen LogP contribution in [0.4, 0.5) is 0 Å². The molecule has 68 valence electrons. The SMILES string of the molecule is Cc1ccc(C2=CCSCC2)cc1. The van der Waals surface area contributed by atoms with E-state index in [1.807, 2.05) is 11.8 Å². The number of aryl methyl sites for hydroxylation is 1. The smallest absolute Gasteiger partial charge is 0.0119 e. The molecular weight excluding hydrogens is 176 g/mol. The monoisotopic (exact) mass is 190 g/mol. The van der Waals surface area contributed by atoms with Crippen LogP contribution in [0.15, 0.2) is 30.3 Å². The average molecular weight is 190 g/mol. The van der Waals surface area contributed by atoms with Gasteiger partial charge in [0, 0.05) is 5.75 Å². The lowest BCUT2D eigenvalue weighted by Gasteiger charge is -2.12. The molecule has 0 bridgehead atoms. The molecule has 1 aliphatic rings. The van der Waals surface area contributed by atoms with Crippen LogP contribution in [0.25, 0.3) is 5.57 Å². The van der Waals surface area contributed by atoms with Crippen LogP contribution in [-0.4, -0.2) is 11.5 Å². The van der Waals surface area contributed by atoms with Gasteiger partial charge in [-0.3, -0.25) is 0 Å². The van der Waals surface area contributed by atoms with Crippen LogP contribution >= 0.6 is 11.8 Å². The highest BCUT2D eigenvalue weighted by Gasteiger charge is 2.05. The summed E-state index contributed by atoms with van der Waals surface area (Å²) in [4.78, 5) is 0. The first-order chi connectivity index (χ1) is 6.36. The van der Waals surface area contributed by atoms with Crippen LogP contribution in [-0.2, 0) is 0 Å². The van der Waals surface area contributed by atoms with Crippen molar-refractivity contribution in [3.63, 3.8) is 0 Å². The minimum Gasteiger partial charge on any atom is -0.157 e. The highest BCUT2D eigenvalue weighted by atomic mass is 32.2. The van der Waals surface area contributed by atoms with Crippen LogP contribution in [0.3, 0.4) is 0 Å². The van der Waals surface area contributed by atoms with E-state index in [4.69, 9.17) is 0 Å². The summed E-state index contributed by atoms with van der Waals surface area (Å²) in [6.45, 7) is 2.13. The molecule has 1 heteroatoms. The van der Waals surface area contributed by atoms with Gasteiger partial charge in [0.1, 0.15) is 0 Å². The van der Waals surface area contributed by atoms with E-state index in [2.05, 4.69) is 37.3 Å². The minimum atomic E-state index is 1.18. The lowest BCUT2D eigenvalue weighted by Crippen LogP contribution is -1.94. The average Bonchev–Trinajstić information content (AvgIpc) is 2.20. The summed E-state index contributed by atoms with van der Waals surface area (Å²) in [6, 6.07) is 8.85. The van der Waals surface area contributed by atoms with Crippen molar-refractivity contribution in [3.05, 3.63) is 41.5 Å². The Labute approximate surface area is 84.0 Å². The van der Waals surface area contributed by atoms with Crippen LogP contribution in [0.5, 0.6) is 0 Å². The van der Waals surface area contributed by atoms with E-state index < -0.39 is 0 Å². The van der Waals surface area contributed by atoms with Crippen LogP contribution in [0.1, 0.15) is 17.5 Å². The molecule has 0 spiro atoms. The van der Waals surface area contributed by atoms with E-state index in [0.29, 0.717) is 0 Å². The molecule has 2 rings (SSSR count). The van der Waals surface area contributed by atoms with Crippen molar-refractivity contribution < 1.29 is 0 Å². The van der Waals surface area contributed by atoms with E-state index in [9.17, 15) is 0 Å². The zero-order chi connectivity index (χ0) is 9.10. The molecule has 1 aromatic rings. The Morgan fingerprint density at radius 1 is 1.15 bits per heavy atom. The van der Waals surface area contributed by atoms with Gasteiger partial charge in [-0.25, -0.2) is 0 Å². The normalized spacial score (nSPS) is 16.8. The second kappa shape index (κ2) is 4.01. The zero-order valence-corrected chi connectivity index (χ0v) is 8.73. The summed E-state index contributed by atoms with van der Waals surface area (Å²) in [6.07, 6.45) is 3.59. The molecule has 0 amide bonds. The molecule has 0 radical (unpaired) electrons. The molecule has 0 fully saturated rings. The first kappa shape index (κ1) is 8.89. The predicted octanol–water partition coefficient (Wildman–Crippen LogP) is 3.52. The van der Waals surface area contributed by atoms with Crippen LogP contribution < -0.4 is 0 Å². The second-order valence-electron chi connectivity index (χ2n) is 3.42. The van der Waals surface area contributed by atoms with Crippen molar-refractivity contribution in [2.45, 2.75) is 13.3 Å². The van der Waals surface area contributed by atoms with E-state index in [-0.39, 0.29) is 0 Å². The first-order valence-electron chi connectivity index (χ1n) is 4.70. The summed E-state index contributed by atoms with van der Waals surface area (Å²) < 4.78 is 0. The predicted molar refractivity (Wildman–Crippen MR) is 61.1 cm³/mol. The quantitative estimate of drug-likeness (QED) is 0.653. The van der Waals surface area contributed by atoms with E-state index in [1.54, 1.807) is 0 Å². The second-order valence-corrected chi connectivity index (χ2v) is 4.57. The largest absolute Gasteiger partial charge is 0.157 e. The maximum absolute atomic E-state index is 2.36. The molecule has 13 heavy (non-hydrogen) atoms. The number of rotatable bonds is 1. The molecule has 0 aromatic heterocycles. The molecule has 1 heterocycles.